The molecule has 1 atom stereocenters. The van der Waals surface area contributed by atoms with Crippen LogP contribution in [0.15, 0.2) is 42.5 Å². The molecule has 8 heteroatoms. The zero-order chi connectivity index (χ0) is 20.4. The third-order valence-corrected chi connectivity index (χ3v) is 4.74. The molecule has 0 N–H and O–H groups in total. The van der Waals surface area contributed by atoms with Crippen LogP contribution in [-0.4, -0.2) is 34.9 Å². The second-order valence-electron chi connectivity index (χ2n) is 6.66. The highest BCUT2D eigenvalue weighted by Crippen LogP contribution is 2.36. The number of non-ortho nitro benzene ring substituents is 1. The highest BCUT2D eigenvalue weighted by Gasteiger charge is 2.38. The van der Waals surface area contributed by atoms with Gasteiger partial charge in [-0.15, -0.1) is 0 Å². The largest absolute Gasteiger partial charge is 0.465 e. The maximum atomic E-state index is 14.2. The number of hydrogen-bond acceptors (Lipinski definition) is 5. The van der Waals surface area contributed by atoms with Gasteiger partial charge in [0.1, 0.15) is 5.82 Å². The summed E-state index contributed by atoms with van der Waals surface area (Å²) in [4.78, 5) is 37.2. The Morgan fingerprint density at radius 1 is 1.21 bits per heavy atom. The average molecular weight is 386 g/mol. The quantitative estimate of drug-likeness (QED) is 0.427. The molecule has 1 unspecified atom stereocenters. The van der Waals surface area contributed by atoms with Gasteiger partial charge in [-0.25, -0.2) is 9.18 Å². The number of nitro groups is 1. The summed E-state index contributed by atoms with van der Waals surface area (Å²) in [7, 11) is 1.15. The summed E-state index contributed by atoms with van der Waals surface area (Å²) in [5.74, 6) is -1.70. The second-order valence-corrected chi connectivity index (χ2v) is 6.66. The van der Waals surface area contributed by atoms with Crippen molar-refractivity contribution in [2.24, 2.45) is 0 Å². The number of carbonyl (C=O) groups excluding carboxylic acids is 2. The van der Waals surface area contributed by atoms with Gasteiger partial charge in [-0.1, -0.05) is 18.2 Å². The molecule has 1 amide bonds. The summed E-state index contributed by atoms with van der Waals surface area (Å²) in [5, 5.41) is 11.2. The monoisotopic (exact) mass is 386 g/mol. The molecule has 1 fully saturated rings. The van der Waals surface area contributed by atoms with E-state index < -0.39 is 28.7 Å². The summed E-state index contributed by atoms with van der Waals surface area (Å²) in [5.41, 5.74) is -0.124. The highest BCUT2D eigenvalue weighted by atomic mass is 19.1. The van der Waals surface area contributed by atoms with Crippen molar-refractivity contribution in [1.82, 2.24) is 4.90 Å². The van der Waals surface area contributed by atoms with Gasteiger partial charge in [-0.05, 0) is 31.9 Å². The maximum Gasteiger partial charge on any atom is 0.338 e. The fourth-order valence-electron chi connectivity index (χ4n) is 3.20. The number of esters is 1. The minimum atomic E-state index is -0.780. The van der Waals surface area contributed by atoms with Gasteiger partial charge in [-0.3, -0.25) is 14.9 Å². The van der Waals surface area contributed by atoms with Crippen molar-refractivity contribution in [2.75, 3.05) is 7.11 Å². The third-order valence-electron chi connectivity index (χ3n) is 4.74. The smallest absolute Gasteiger partial charge is 0.338 e. The van der Waals surface area contributed by atoms with Crippen molar-refractivity contribution < 1.29 is 23.6 Å². The molecule has 2 aromatic rings. The lowest BCUT2D eigenvalue weighted by Gasteiger charge is -2.30. The Kier molecular flexibility index (Phi) is 5.39. The average Bonchev–Trinajstić information content (AvgIpc) is 3.52. The van der Waals surface area contributed by atoms with Crippen LogP contribution < -0.4 is 0 Å². The van der Waals surface area contributed by atoms with Crippen LogP contribution in [-0.2, 0) is 4.74 Å². The molecule has 0 spiro atoms. The molecule has 0 saturated heterocycles. The number of methoxy groups -OCH3 is 1. The number of carbonyl (C=O) groups is 2. The lowest BCUT2D eigenvalue weighted by molar-refractivity contribution is -0.384. The number of hydrogen-bond donors (Lipinski definition) is 0. The number of rotatable bonds is 6. The minimum absolute atomic E-state index is 0.00955. The second kappa shape index (κ2) is 7.75. The molecular weight excluding hydrogens is 367 g/mol. The van der Waals surface area contributed by atoms with Crippen LogP contribution in [0.5, 0.6) is 0 Å². The number of benzene rings is 2. The van der Waals surface area contributed by atoms with Gasteiger partial charge in [0.05, 0.1) is 23.6 Å². The van der Waals surface area contributed by atoms with Crippen molar-refractivity contribution >= 4 is 17.6 Å². The molecule has 0 bridgehead atoms. The first kappa shape index (κ1) is 19.5. The number of ether oxygens (including phenoxy) is 1. The van der Waals surface area contributed by atoms with Gasteiger partial charge in [0, 0.05) is 29.3 Å². The molecule has 0 aromatic heterocycles. The number of halogens is 1. The fraction of sp³-hybridized carbons (Fsp3) is 0.300. The van der Waals surface area contributed by atoms with E-state index in [0.717, 1.165) is 32.1 Å². The van der Waals surface area contributed by atoms with E-state index in [1.807, 2.05) is 0 Å². The highest BCUT2D eigenvalue weighted by molar-refractivity contribution is 5.99. The molecule has 0 radical (unpaired) electrons. The molecule has 146 valence electrons. The summed E-state index contributed by atoms with van der Waals surface area (Å²) < 4.78 is 18.9. The van der Waals surface area contributed by atoms with E-state index in [2.05, 4.69) is 4.74 Å². The van der Waals surface area contributed by atoms with Gasteiger partial charge >= 0.3 is 5.97 Å². The summed E-state index contributed by atoms with van der Waals surface area (Å²) in [6, 6.07) is 8.99. The predicted octanol–water partition coefficient (Wildman–Crippen LogP) is 3.89. The fourth-order valence-corrected chi connectivity index (χ4v) is 3.20. The Hall–Kier alpha value is -3.29. The molecule has 1 aliphatic rings. The number of amides is 1. The molecule has 1 saturated carbocycles. The first-order valence-corrected chi connectivity index (χ1v) is 8.78. The first-order chi connectivity index (χ1) is 13.3. The van der Waals surface area contributed by atoms with Crippen LogP contribution in [0.4, 0.5) is 10.1 Å². The van der Waals surface area contributed by atoms with E-state index in [-0.39, 0.29) is 22.9 Å². The minimum Gasteiger partial charge on any atom is -0.465 e. The van der Waals surface area contributed by atoms with Crippen LogP contribution in [0.1, 0.15) is 52.1 Å². The predicted molar refractivity (Wildman–Crippen MR) is 98.4 cm³/mol. The van der Waals surface area contributed by atoms with E-state index in [9.17, 15) is 24.1 Å². The van der Waals surface area contributed by atoms with Crippen molar-refractivity contribution in [3.8, 4) is 0 Å². The van der Waals surface area contributed by atoms with Crippen molar-refractivity contribution in [3.05, 3.63) is 75.1 Å². The van der Waals surface area contributed by atoms with Crippen molar-refractivity contribution in [1.29, 1.82) is 0 Å². The molecule has 7 nitrogen and oxygen atoms in total. The molecule has 3 rings (SSSR count). The van der Waals surface area contributed by atoms with Crippen LogP contribution in [0, 0.1) is 15.9 Å². The Bertz CT molecular complexity index is 942. The van der Waals surface area contributed by atoms with Crippen LogP contribution in [0.3, 0.4) is 0 Å². The summed E-state index contributed by atoms with van der Waals surface area (Å²) in [6.45, 7) is 1.72. The number of nitrogens with zero attached hydrogens (tertiary/aromatic N) is 2. The Morgan fingerprint density at radius 2 is 1.86 bits per heavy atom. The lowest BCUT2D eigenvalue weighted by atomic mass is 10.0. The van der Waals surface area contributed by atoms with Gasteiger partial charge < -0.3 is 9.64 Å². The summed E-state index contributed by atoms with van der Waals surface area (Å²) in [6.07, 6.45) is 1.53. The van der Waals surface area contributed by atoms with Crippen LogP contribution in [0.25, 0.3) is 0 Å². The zero-order valence-corrected chi connectivity index (χ0v) is 15.4. The van der Waals surface area contributed by atoms with E-state index in [0.29, 0.717) is 5.56 Å². The maximum absolute atomic E-state index is 14.2. The SMILES string of the molecule is COC(=O)c1cc(C(=O)N(C2CC2)C(C)c2ccccc2F)cc([N+](=O)[O-])c1. The molecule has 1 aliphatic carbocycles. The zero-order valence-electron chi connectivity index (χ0n) is 15.4. The van der Waals surface area contributed by atoms with Crippen LogP contribution >= 0.6 is 0 Å². The molecular formula is C20H19FN2O5. The molecule has 0 aliphatic heterocycles. The Balaban J connectivity index is 2.02. The number of nitro benzene ring substituents is 1. The van der Waals surface area contributed by atoms with Gasteiger partial charge in [0.2, 0.25) is 0 Å². The van der Waals surface area contributed by atoms with E-state index in [1.165, 1.54) is 17.0 Å². The normalized spacial score (nSPS) is 14.2. The lowest BCUT2D eigenvalue weighted by Crippen LogP contribution is -2.36. The van der Waals surface area contributed by atoms with Gasteiger partial charge in [0.15, 0.2) is 0 Å². The van der Waals surface area contributed by atoms with Crippen LogP contribution in [0.2, 0.25) is 0 Å². The standard InChI is InChI=1S/C20H19FN2O5/c1-12(17-5-3-4-6-18(17)21)22(15-7-8-15)19(24)13-9-14(20(25)28-2)11-16(10-13)23(26)27/h3-6,9-12,15H,7-8H2,1-2H3. The molecule has 2 aromatic carbocycles. The molecule has 0 heterocycles. The van der Waals surface area contributed by atoms with E-state index in [1.54, 1.807) is 25.1 Å². The van der Waals surface area contributed by atoms with E-state index >= 15 is 0 Å². The third kappa shape index (κ3) is 3.85. The van der Waals surface area contributed by atoms with Gasteiger partial charge in [-0.2, -0.15) is 0 Å². The topological polar surface area (TPSA) is 89.8 Å². The molecule has 28 heavy (non-hydrogen) atoms. The Morgan fingerprint density at radius 3 is 2.43 bits per heavy atom. The van der Waals surface area contributed by atoms with E-state index in [4.69, 9.17) is 0 Å². The van der Waals surface area contributed by atoms with Gasteiger partial charge in [0.25, 0.3) is 11.6 Å². The Labute approximate surface area is 160 Å². The van der Waals surface area contributed by atoms with Crippen molar-refractivity contribution in [3.63, 3.8) is 0 Å². The first-order valence-electron chi connectivity index (χ1n) is 8.78. The summed E-state index contributed by atoms with van der Waals surface area (Å²) >= 11 is 0. The van der Waals surface area contributed by atoms with Crippen molar-refractivity contribution in [2.45, 2.75) is 31.8 Å².